The van der Waals surface area contributed by atoms with Crippen LogP contribution in [0.5, 0.6) is 0 Å². The molecule has 0 saturated heterocycles. The normalized spacial score (nSPS) is 17.3. The standard InChI is InChI=1S/C15H27N5O.2ClH/c1-16-13(12-9-18-20(4)10-12)14(21)17-11-15(19(2)3)7-5-6-8-15;;/h9-10,13,16H,5-8,11H2,1-4H3,(H,17,21);2*1H. The lowest BCUT2D eigenvalue weighted by Gasteiger charge is -2.36. The predicted octanol–water partition coefficient (Wildman–Crippen LogP) is 1.51. The molecule has 1 unspecified atom stereocenters. The zero-order valence-corrected chi connectivity index (χ0v) is 16.0. The van der Waals surface area contributed by atoms with E-state index in [0.29, 0.717) is 6.54 Å². The average Bonchev–Trinajstić information content (AvgIpc) is 3.07. The summed E-state index contributed by atoms with van der Waals surface area (Å²) in [6.45, 7) is 0.706. The molecule has 0 radical (unpaired) electrons. The van der Waals surface area contributed by atoms with Crippen LogP contribution in [0.2, 0.25) is 0 Å². The molecule has 1 atom stereocenters. The van der Waals surface area contributed by atoms with E-state index in [0.717, 1.165) is 18.4 Å². The summed E-state index contributed by atoms with van der Waals surface area (Å²) in [6.07, 6.45) is 8.39. The third kappa shape index (κ3) is 5.08. The van der Waals surface area contributed by atoms with Gasteiger partial charge in [-0.3, -0.25) is 9.48 Å². The van der Waals surface area contributed by atoms with Crippen LogP contribution in [0.3, 0.4) is 0 Å². The molecule has 8 heteroatoms. The molecule has 0 aliphatic heterocycles. The number of halogens is 2. The van der Waals surface area contributed by atoms with Gasteiger partial charge in [-0.25, -0.2) is 0 Å². The third-order valence-corrected chi connectivity index (χ3v) is 4.68. The van der Waals surface area contributed by atoms with Gasteiger partial charge < -0.3 is 15.5 Å². The summed E-state index contributed by atoms with van der Waals surface area (Å²) in [6, 6.07) is -0.348. The Morgan fingerprint density at radius 3 is 2.43 bits per heavy atom. The molecule has 1 fully saturated rings. The number of aryl methyl sites for hydroxylation is 1. The summed E-state index contributed by atoms with van der Waals surface area (Å²) in [5, 5.41) is 10.3. The molecule has 1 aromatic heterocycles. The molecule has 2 N–H and O–H groups in total. The van der Waals surface area contributed by atoms with Gasteiger partial charge in [-0.2, -0.15) is 5.10 Å². The number of amides is 1. The highest BCUT2D eigenvalue weighted by atomic mass is 35.5. The Hall–Kier alpha value is -0.820. The van der Waals surface area contributed by atoms with Crippen LogP contribution in [0.4, 0.5) is 0 Å². The van der Waals surface area contributed by atoms with Crippen molar-refractivity contribution in [2.75, 3.05) is 27.7 Å². The highest BCUT2D eigenvalue weighted by Gasteiger charge is 2.36. The topological polar surface area (TPSA) is 62.2 Å². The Kier molecular flexibility index (Phi) is 9.13. The van der Waals surface area contributed by atoms with Crippen LogP contribution in [0.1, 0.15) is 37.3 Å². The number of carbonyl (C=O) groups excluding carboxylic acids is 1. The van der Waals surface area contributed by atoms with Gasteiger partial charge in [-0.15, -0.1) is 24.8 Å². The van der Waals surface area contributed by atoms with Gasteiger partial charge in [-0.1, -0.05) is 12.8 Å². The molecule has 23 heavy (non-hydrogen) atoms. The maximum absolute atomic E-state index is 12.5. The van der Waals surface area contributed by atoms with Gasteiger partial charge in [0, 0.05) is 30.9 Å². The lowest BCUT2D eigenvalue weighted by molar-refractivity contribution is -0.123. The molecule has 1 aliphatic carbocycles. The van der Waals surface area contributed by atoms with Crippen molar-refractivity contribution in [3.8, 4) is 0 Å². The SMILES string of the molecule is CNC(C(=O)NCC1(N(C)C)CCCC1)c1cnn(C)c1.Cl.Cl. The molecule has 1 amide bonds. The monoisotopic (exact) mass is 365 g/mol. The van der Waals surface area contributed by atoms with Gasteiger partial charge in [0.25, 0.3) is 0 Å². The van der Waals surface area contributed by atoms with Gasteiger partial charge in [-0.05, 0) is 34.0 Å². The quantitative estimate of drug-likeness (QED) is 0.801. The number of rotatable bonds is 6. The number of aromatic nitrogens is 2. The number of nitrogens with zero attached hydrogens (tertiary/aromatic N) is 3. The van der Waals surface area contributed by atoms with Crippen molar-refractivity contribution in [2.45, 2.75) is 37.3 Å². The minimum Gasteiger partial charge on any atom is -0.353 e. The second kappa shape index (κ2) is 9.47. The molecular formula is C15H29Cl2N5O. The van der Waals surface area contributed by atoms with Crippen molar-refractivity contribution in [2.24, 2.45) is 7.05 Å². The summed E-state index contributed by atoms with van der Waals surface area (Å²) >= 11 is 0. The van der Waals surface area contributed by atoms with Gasteiger partial charge in [0.1, 0.15) is 6.04 Å². The minimum atomic E-state index is -0.348. The molecular weight excluding hydrogens is 337 g/mol. The molecule has 0 spiro atoms. The first-order valence-electron chi connectivity index (χ1n) is 7.59. The molecule has 1 aliphatic rings. The third-order valence-electron chi connectivity index (χ3n) is 4.68. The summed E-state index contributed by atoms with van der Waals surface area (Å²) in [5.41, 5.74) is 1.01. The predicted molar refractivity (Wildman–Crippen MR) is 97.4 cm³/mol. The van der Waals surface area contributed by atoms with Crippen LogP contribution in [-0.4, -0.2) is 53.8 Å². The maximum Gasteiger partial charge on any atom is 0.241 e. The molecule has 2 rings (SSSR count). The fraction of sp³-hybridized carbons (Fsp3) is 0.733. The number of hydrogen-bond acceptors (Lipinski definition) is 4. The lowest BCUT2D eigenvalue weighted by atomic mass is 9.95. The number of likely N-dealkylation sites (N-methyl/N-ethyl adjacent to an activating group) is 2. The van der Waals surface area contributed by atoms with Crippen molar-refractivity contribution in [3.05, 3.63) is 18.0 Å². The Labute approximate surface area is 151 Å². The van der Waals surface area contributed by atoms with E-state index in [-0.39, 0.29) is 42.3 Å². The molecule has 0 aromatic carbocycles. The molecule has 1 heterocycles. The molecule has 0 bridgehead atoms. The van der Waals surface area contributed by atoms with E-state index in [1.807, 2.05) is 13.2 Å². The minimum absolute atomic E-state index is 0. The zero-order valence-electron chi connectivity index (χ0n) is 14.3. The van der Waals surface area contributed by atoms with E-state index in [4.69, 9.17) is 0 Å². The first kappa shape index (κ1) is 22.2. The number of hydrogen-bond donors (Lipinski definition) is 2. The molecule has 6 nitrogen and oxygen atoms in total. The zero-order chi connectivity index (χ0) is 15.5. The summed E-state index contributed by atoms with van der Waals surface area (Å²) in [5.74, 6) is 0.0126. The van der Waals surface area contributed by atoms with Crippen LogP contribution in [-0.2, 0) is 11.8 Å². The van der Waals surface area contributed by atoms with Crippen LogP contribution < -0.4 is 10.6 Å². The van der Waals surface area contributed by atoms with Crippen LogP contribution in [0.25, 0.3) is 0 Å². The first-order chi connectivity index (χ1) is 9.98. The lowest BCUT2D eigenvalue weighted by Crippen LogP contribution is -2.52. The fourth-order valence-corrected chi connectivity index (χ4v) is 3.21. The highest BCUT2D eigenvalue weighted by molar-refractivity contribution is 5.85. The van der Waals surface area contributed by atoms with Crippen LogP contribution in [0.15, 0.2) is 12.4 Å². The molecule has 1 saturated carbocycles. The average molecular weight is 366 g/mol. The summed E-state index contributed by atoms with van der Waals surface area (Å²) in [4.78, 5) is 14.7. The second-order valence-electron chi connectivity index (χ2n) is 6.21. The Morgan fingerprint density at radius 1 is 1.39 bits per heavy atom. The van der Waals surface area contributed by atoms with Crippen molar-refractivity contribution >= 4 is 30.7 Å². The fourth-order valence-electron chi connectivity index (χ4n) is 3.21. The van der Waals surface area contributed by atoms with E-state index < -0.39 is 0 Å². The Bertz CT molecular complexity index is 486. The van der Waals surface area contributed by atoms with Crippen molar-refractivity contribution in [1.82, 2.24) is 25.3 Å². The Morgan fingerprint density at radius 2 is 2.00 bits per heavy atom. The van der Waals surface area contributed by atoms with Crippen molar-refractivity contribution in [1.29, 1.82) is 0 Å². The van der Waals surface area contributed by atoms with E-state index in [1.54, 1.807) is 17.9 Å². The number of nitrogens with one attached hydrogen (secondary N) is 2. The van der Waals surface area contributed by atoms with Gasteiger partial charge in [0.05, 0.1) is 6.20 Å². The number of carbonyl (C=O) groups is 1. The van der Waals surface area contributed by atoms with Gasteiger partial charge in [0.2, 0.25) is 5.91 Å². The molecule has 134 valence electrons. The maximum atomic E-state index is 12.5. The van der Waals surface area contributed by atoms with Crippen molar-refractivity contribution < 1.29 is 4.79 Å². The van der Waals surface area contributed by atoms with E-state index >= 15 is 0 Å². The second-order valence-corrected chi connectivity index (χ2v) is 6.21. The van der Waals surface area contributed by atoms with E-state index in [2.05, 4.69) is 34.7 Å². The van der Waals surface area contributed by atoms with Gasteiger partial charge in [0.15, 0.2) is 0 Å². The van der Waals surface area contributed by atoms with Gasteiger partial charge >= 0.3 is 0 Å². The molecule has 1 aromatic rings. The first-order valence-corrected chi connectivity index (χ1v) is 7.59. The van der Waals surface area contributed by atoms with E-state index in [1.165, 1.54) is 12.8 Å². The van der Waals surface area contributed by atoms with Crippen LogP contribution in [0, 0.1) is 0 Å². The Balaban J connectivity index is 0.00000242. The van der Waals surface area contributed by atoms with Crippen LogP contribution >= 0.6 is 24.8 Å². The summed E-state index contributed by atoms with van der Waals surface area (Å²) in [7, 11) is 7.87. The largest absolute Gasteiger partial charge is 0.353 e. The van der Waals surface area contributed by atoms with E-state index in [9.17, 15) is 4.79 Å². The highest BCUT2D eigenvalue weighted by Crippen LogP contribution is 2.33. The smallest absolute Gasteiger partial charge is 0.241 e. The summed E-state index contributed by atoms with van der Waals surface area (Å²) < 4.78 is 1.71. The van der Waals surface area contributed by atoms with Crippen molar-refractivity contribution in [3.63, 3.8) is 0 Å².